The van der Waals surface area contributed by atoms with E-state index in [9.17, 15) is 0 Å². The third-order valence-corrected chi connectivity index (χ3v) is 4.58. The Morgan fingerprint density at radius 3 is 2.79 bits per heavy atom. The Morgan fingerprint density at radius 1 is 1.17 bits per heavy atom. The van der Waals surface area contributed by atoms with E-state index in [0.29, 0.717) is 30.7 Å². The van der Waals surface area contributed by atoms with E-state index in [2.05, 4.69) is 28.4 Å². The van der Waals surface area contributed by atoms with Crippen molar-refractivity contribution in [3.8, 4) is 11.5 Å². The molecule has 1 fully saturated rings. The first-order valence-corrected chi connectivity index (χ1v) is 8.38. The fourth-order valence-corrected chi connectivity index (χ4v) is 2.95. The minimum absolute atomic E-state index is 0.547. The van der Waals surface area contributed by atoms with Crippen LogP contribution in [0.4, 0.5) is 0 Å². The zero-order chi connectivity index (χ0) is 16.5. The van der Waals surface area contributed by atoms with Crippen molar-refractivity contribution in [2.45, 2.75) is 39.3 Å². The van der Waals surface area contributed by atoms with Gasteiger partial charge in [0.1, 0.15) is 11.5 Å². The van der Waals surface area contributed by atoms with E-state index in [1.54, 1.807) is 0 Å². The van der Waals surface area contributed by atoms with Crippen LogP contribution in [0.15, 0.2) is 45.3 Å². The summed E-state index contributed by atoms with van der Waals surface area (Å²) in [5, 5.41) is 7.34. The summed E-state index contributed by atoms with van der Waals surface area (Å²) in [6, 6.07) is 12.1. The van der Waals surface area contributed by atoms with E-state index >= 15 is 0 Å². The summed E-state index contributed by atoms with van der Waals surface area (Å²) in [5.41, 5.74) is 2.10. The van der Waals surface area contributed by atoms with E-state index in [0.717, 1.165) is 28.6 Å². The normalized spacial score (nSPS) is 19.6. The quantitative estimate of drug-likeness (QED) is 0.741. The number of hydrogen-bond acceptors (Lipinski definition) is 5. The molecule has 1 aliphatic rings. The third kappa shape index (κ3) is 3.12. The highest BCUT2D eigenvalue weighted by Gasteiger charge is 2.36. The fraction of sp³-hybridized carbons (Fsp3) is 0.368. The molecule has 0 unspecified atom stereocenters. The molecule has 0 spiro atoms. The molecule has 1 saturated carbocycles. The number of rotatable bonds is 6. The van der Waals surface area contributed by atoms with Gasteiger partial charge in [0.2, 0.25) is 0 Å². The molecule has 2 aromatic heterocycles. The average Bonchev–Trinajstić information content (AvgIpc) is 3.00. The smallest absolute Gasteiger partial charge is 0.258 e. The lowest BCUT2D eigenvalue weighted by Crippen LogP contribution is -2.13. The van der Waals surface area contributed by atoms with Crippen LogP contribution in [0.2, 0.25) is 0 Å². The summed E-state index contributed by atoms with van der Waals surface area (Å²) in [6.45, 7) is 5.50. The summed E-state index contributed by atoms with van der Waals surface area (Å²) in [5.74, 6) is 4.65. The standard InChI is InChI=1S/C19H21N3O2/c1-12-5-3-4-6-15(12)19-21-18(22-24-19)11-20-10-14-7-8-17(23-14)16-9-13(16)2/h3-8,13,16,20H,9-11H2,1-2H3/t13-,16-/m0/s1. The molecule has 0 amide bonds. The van der Waals surface area contributed by atoms with Crippen molar-refractivity contribution in [1.82, 2.24) is 15.5 Å². The van der Waals surface area contributed by atoms with Gasteiger partial charge in [-0.2, -0.15) is 4.98 Å². The van der Waals surface area contributed by atoms with Gasteiger partial charge < -0.3 is 14.3 Å². The van der Waals surface area contributed by atoms with Crippen LogP contribution in [-0.4, -0.2) is 10.1 Å². The Bertz CT molecular complexity index is 837. The first kappa shape index (κ1) is 15.1. The lowest BCUT2D eigenvalue weighted by Gasteiger charge is -1.99. The van der Waals surface area contributed by atoms with Crippen LogP contribution >= 0.6 is 0 Å². The molecule has 0 saturated heterocycles. The Labute approximate surface area is 141 Å². The molecule has 0 radical (unpaired) electrons. The van der Waals surface area contributed by atoms with Gasteiger partial charge in [0.15, 0.2) is 5.82 Å². The van der Waals surface area contributed by atoms with Crippen LogP contribution < -0.4 is 5.32 Å². The third-order valence-electron chi connectivity index (χ3n) is 4.58. The SMILES string of the molecule is Cc1ccccc1-c1nc(CNCc2ccc([C@H]3C[C@@H]3C)o2)no1. The zero-order valence-electron chi connectivity index (χ0n) is 14.0. The number of benzene rings is 1. The molecular formula is C19H21N3O2. The predicted molar refractivity (Wildman–Crippen MR) is 90.2 cm³/mol. The second-order valence-corrected chi connectivity index (χ2v) is 6.56. The van der Waals surface area contributed by atoms with Crippen molar-refractivity contribution in [2.75, 3.05) is 0 Å². The molecular weight excluding hydrogens is 302 g/mol. The first-order chi connectivity index (χ1) is 11.7. The Kier molecular flexibility index (Phi) is 3.94. The number of furan rings is 1. The van der Waals surface area contributed by atoms with Crippen LogP contribution in [-0.2, 0) is 13.1 Å². The van der Waals surface area contributed by atoms with Gasteiger partial charge in [-0.15, -0.1) is 0 Å². The van der Waals surface area contributed by atoms with Gasteiger partial charge >= 0.3 is 0 Å². The molecule has 3 aromatic rings. The van der Waals surface area contributed by atoms with E-state index in [-0.39, 0.29) is 0 Å². The first-order valence-electron chi connectivity index (χ1n) is 8.38. The van der Waals surface area contributed by atoms with Gasteiger partial charge in [0.05, 0.1) is 13.1 Å². The van der Waals surface area contributed by atoms with Gasteiger partial charge in [0, 0.05) is 11.5 Å². The van der Waals surface area contributed by atoms with E-state index in [1.165, 1.54) is 6.42 Å². The van der Waals surface area contributed by atoms with Crippen molar-refractivity contribution in [1.29, 1.82) is 0 Å². The van der Waals surface area contributed by atoms with Crippen molar-refractivity contribution >= 4 is 0 Å². The summed E-state index contributed by atoms with van der Waals surface area (Å²) >= 11 is 0. The molecule has 1 aliphatic carbocycles. The Balaban J connectivity index is 1.33. The highest BCUT2D eigenvalue weighted by molar-refractivity contribution is 5.57. The Hall–Kier alpha value is -2.40. The molecule has 0 bridgehead atoms. The van der Waals surface area contributed by atoms with Gasteiger partial charge in [0.25, 0.3) is 5.89 Å². The lowest BCUT2D eigenvalue weighted by molar-refractivity contribution is 0.413. The van der Waals surface area contributed by atoms with Crippen LogP contribution in [0.25, 0.3) is 11.5 Å². The molecule has 1 N–H and O–H groups in total. The monoisotopic (exact) mass is 323 g/mol. The Morgan fingerprint density at radius 2 is 2.00 bits per heavy atom. The predicted octanol–water partition coefficient (Wildman–Crippen LogP) is 4.05. The average molecular weight is 323 g/mol. The van der Waals surface area contributed by atoms with E-state index in [1.807, 2.05) is 37.3 Å². The van der Waals surface area contributed by atoms with Crippen molar-refractivity contribution in [2.24, 2.45) is 5.92 Å². The second-order valence-electron chi connectivity index (χ2n) is 6.56. The maximum atomic E-state index is 5.88. The maximum absolute atomic E-state index is 5.88. The van der Waals surface area contributed by atoms with Crippen molar-refractivity contribution in [3.05, 3.63) is 59.3 Å². The van der Waals surface area contributed by atoms with Crippen LogP contribution in [0.1, 0.15) is 42.2 Å². The maximum Gasteiger partial charge on any atom is 0.258 e. The summed E-state index contributed by atoms with van der Waals surface area (Å²) in [6.07, 6.45) is 1.24. The van der Waals surface area contributed by atoms with Gasteiger partial charge in [-0.1, -0.05) is 30.3 Å². The summed E-state index contributed by atoms with van der Waals surface area (Å²) in [4.78, 5) is 4.45. The molecule has 1 aromatic carbocycles. The van der Waals surface area contributed by atoms with E-state index < -0.39 is 0 Å². The topological polar surface area (TPSA) is 64.1 Å². The van der Waals surface area contributed by atoms with Crippen molar-refractivity contribution in [3.63, 3.8) is 0 Å². The number of nitrogens with one attached hydrogen (secondary N) is 1. The highest BCUT2D eigenvalue weighted by atomic mass is 16.5. The number of nitrogens with zero attached hydrogens (tertiary/aromatic N) is 2. The molecule has 2 heterocycles. The van der Waals surface area contributed by atoms with Crippen LogP contribution in [0.5, 0.6) is 0 Å². The molecule has 5 heteroatoms. The van der Waals surface area contributed by atoms with Gasteiger partial charge in [-0.3, -0.25) is 0 Å². The molecule has 2 atom stereocenters. The van der Waals surface area contributed by atoms with Gasteiger partial charge in [-0.25, -0.2) is 0 Å². The van der Waals surface area contributed by atoms with Crippen LogP contribution in [0.3, 0.4) is 0 Å². The van der Waals surface area contributed by atoms with Crippen LogP contribution in [0, 0.1) is 12.8 Å². The fourth-order valence-electron chi connectivity index (χ4n) is 2.95. The molecule has 5 nitrogen and oxygen atoms in total. The molecule has 24 heavy (non-hydrogen) atoms. The van der Waals surface area contributed by atoms with Gasteiger partial charge in [-0.05, 0) is 43.0 Å². The molecule has 124 valence electrons. The number of hydrogen-bond donors (Lipinski definition) is 1. The number of aryl methyl sites for hydroxylation is 1. The number of aromatic nitrogens is 2. The lowest BCUT2D eigenvalue weighted by atomic mass is 10.1. The summed E-state index contributed by atoms with van der Waals surface area (Å²) in [7, 11) is 0. The largest absolute Gasteiger partial charge is 0.464 e. The highest BCUT2D eigenvalue weighted by Crippen LogP contribution is 2.47. The zero-order valence-corrected chi connectivity index (χ0v) is 14.0. The molecule has 0 aliphatic heterocycles. The minimum atomic E-state index is 0.547. The second kappa shape index (κ2) is 6.24. The van der Waals surface area contributed by atoms with Crippen molar-refractivity contribution < 1.29 is 8.94 Å². The minimum Gasteiger partial charge on any atom is -0.464 e. The summed E-state index contributed by atoms with van der Waals surface area (Å²) < 4.78 is 11.2. The van der Waals surface area contributed by atoms with E-state index in [4.69, 9.17) is 8.94 Å². The molecule has 4 rings (SSSR count).